The predicted octanol–water partition coefficient (Wildman–Crippen LogP) is 6.41. The van der Waals surface area contributed by atoms with Crippen molar-refractivity contribution in [1.82, 2.24) is 10.2 Å². The molecule has 0 radical (unpaired) electrons. The number of likely N-dealkylation sites (N-methyl/N-ethyl adjacent to an activating group) is 1. The molecule has 0 aliphatic rings. The summed E-state index contributed by atoms with van der Waals surface area (Å²) >= 11 is 12.4. The molecule has 0 saturated carbocycles. The minimum Gasteiger partial charge on any atom is -0.355 e. The van der Waals surface area contributed by atoms with E-state index >= 15 is 0 Å². The molecule has 1 N–H and O–H groups in total. The van der Waals surface area contributed by atoms with E-state index in [4.69, 9.17) is 23.2 Å². The first-order valence-corrected chi connectivity index (χ1v) is 16.1. The van der Waals surface area contributed by atoms with Crippen molar-refractivity contribution < 1.29 is 22.4 Å². The third-order valence-electron chi connectivity index (χ3n) is 6.96. The molecule has 7 nitrogen and oxygen atoms in total. The van der Waals surface area contributed by atoms with Gasteiger partial charge in [0.05, 0.1) is 20.6 Å². The molecule has 230 valence electrons. The fourth-order valence-corrected chi connectivity index (χ4v) is 6.39. The van der Waals surface area contributed by atoms with Gasteiger partial charge >= 0.3 is 0 Å². The summed E-state index contributed by atoms with van der Waals surface area (Å²) < 4.78 is 42.8. The van der Waals surface area contributed by atoms with Crippen LogP contribution in [-0.4, -0.2) is 44.3 Å². The molecule has 4 rings (SSSR count). The molecule has 11 heteroatoms. The third kappa shape index (κ3) is 8.16. The second-order valence-electron chi connectivity index (χ2n) is 10.2. The number of benzene rings is 4. The Morgan fingerprint density at radius 1 is 0.864 bits per heavy atom. The highest BCUT2D eigenvalue weighted by Crippen LogP contribution is 2.27. The van der Waals surface area contributed by atoms with Crippen LogP contribution in [0, 0.1) is 12.7 Å². The Morgan fingerprint density at radius 2 is 1.52 bits per heavy atom. The summed E-state index contributed by atoms with van der Waals surface area (Å²) in [6.45, 7) is 3.20. The van der Waals surface area contributed by atoms with Crippen molar-refractivity contribution in [2.45, 2.75) is 37.8 Å². The average molecular weight is 657 g/mol. The summed E-state index contributed by atoms with van der Waals surface area (Å²) in [7, 11) is -4.29. The number of hydrogen-bond donors (Lipinski definition) is 1. The van der Waals surface area contributed by atoms with Crippen LogP contribution in [0.4, 0.5) is 10.1 Å². The molecule has 1 atom stereocenters. The Balaban J connectivity index is 1.80. The van der Waals surface area contributed by atoms with Gasteiger partial charge in [0.2, 0.25) is 11.8 Å². The van der Waals surface area contributed by atoms with Crippen molar-refractivity contribution in [3.8, 4) is 0 Å². The molecule has 0 aliphatic heterocycles. The van der Waals surface area contributed by atoms with Crippen LogP contribution >= 0.6 is 23.2 Å². The van der Waals surface area contributed by atoms with Crippen LogP contribution in [-0.2, 0) is 32.6 Å². The van der Waals surface area contributed by atoms with E-state index in [2.05, 4.69) is 5.32 Å². The topological polar surface area (TPSA) is 86.8 Å². The largest absolute Gasteiger partial charge is 0.355 e. The van der Waals surface area contributed by atoms with Crippen LogP contribution < -0.4 is 9.62 Å². The Labute approximate surface area is 267 Å². The Kier molecular flexibility index (Phi) is 11.0. The molecule has 0 spiro atoms. The fourth-order valence-electron chi connectivity index (χ4n) is 4.65. The van der Waals surface area contributed by atoms with E-state index in [0.29, 0.717) is 17.1 Å². The number of sulfonamides is 1. The quantitative estimate of drug-likeness (QED) is 0.191. The van der Waals surface area contributed by atoms with Gasteiger partial charge in [-0.05, 0) is 73.5 Å². The number of carbonyl (C=O) groups is 2. The number of rotatable bonds is 12. The van der Waals surface area contributed by atoms with Gasteiger partial charge in [0.25, 0.3) is 10.0 Å². The van der Waals surface area contributed by atoms with Crippen LogP contribution in [0.1, 0.15) is 23.6 Å². The highest BCUT2D eigenvalue weighted by Gasteiger charge is 2.34. The van der Waals surface area contributed by atoms with E-state index in [1.165, 1.54) is 29.2 Å². The van der Waals surface area contributed by atoms with Gasteiger partial charge in [0.1, 0.15) is 18.4 Å². The Morgan fingerprint density at radius 3 is 2.14 bits per heavy atom. The van der Waals surface area contributed by atoms with E-state index in [1.807, 2.05) is 37.3 Å². The number of nitrogens with zero attached hydrogens (tertiary/aromatic N) is 2. The molecule has 0 bridgehead atoms. The van der Waals surface area contributed by atoms with Gasteiger partial charge in [-0.3, -0.25) is 13.9 Å². The maximum Gasteiger partial charge on any atom is 0.264 e. The van der Waals surface area contributed by atoms with Gasteiger partial charge in [0, 0.05) is 19.5 Å². The standard InChI is InChI=1S/C33H32Cl2FN3O4S/c1-3-37-33(41)31(20-24-7-5-4-6-8-24)38(21-25-11-18-29(34)30(35)19-25)32(40)22-39(27-14-12-26(36)13-15-27)44(42,43)28-16-9-23(2)10-17-28/h4-19,31H,3,20-22H2,1-2H3,(H,37,41)/t31-/m1/s1. The first-order valence-electron chi connectivity index (χ1n) is 13.9. The molecule has 0 fully saturated rings. The highest BCUT2D eigenvalue weighted by molar-refractivity contribution is 7.92. The Hall–Kier alpha value is -3.92. The fraction of sp³-hybridized carbons (Fsp3) is 0.212. The highest BCUT2D eigenvalue weighted by atomic mass is 35.5. The smallest absolute Gasteiger partial charge is 0.264 e. The van der Waals surface area contributed by atoms with E-state index in [-0.39, 0.29) is 28.6 Å². The number of halogens is 3. The maximum absolute atomic E-state index is 14.3. The van der Waals surface area contributed by atoms with E-state index in [9.17, 15) is 22.4 Å². The lowest BCUT2D eigenvalue weighted by Crippen LogP contribution is -2.53. The van der Waals surface area contributed by atoms with Crippen molar-refractivity contribution in [2.75, 3.05) is 17.4 Å². The van der Waals surface area contributed by atoms with Crippen molar-refractivity contribution in [2.24, 2.45) is 0 Å². The van der Waals surface area contributed by atoms with Gasteiger partial charge in [-0.15, -0.1) is 0 Å². The molecule has 0 aliphatic carbocycles. The van der Waals surface area contributed by atoms with Gasteiger partial charge in [-0.1, -0.05) is 77.3 Å². The van der Waals surface area contributed by atoms with Crippen molar-refractivity contribution in [3.05, 3.63) is 130 Å². The van der Waals surface area contributed by atoms with Crippen LogP contribution in [0.5, 0.6) is 0 Å². The molecule has 0 aromatic heterocycles. The lowest BCUT2D eigenvalue weighted by Gasteiger charge is -2.34. The molecule has 0 heterocycles. The maximum atomic E-state index is 14.3. The first-order chi connectivity index (χ1) is 21.0. The van der Waals surface area contributed by atoms with E-state index < -0.39 is 40.2 Å². The predicted molar refractivity (Wildman–Crippen MR) is 172 cm³/mol. The van der Waals surface area contributed by atoms with Crippen molar-refractivity contribution in [3.63, 3.8) is 0 Å². The Bertz CT molecular complexity index is 1700. The van der Waals surface area contributed by atoms with Crippen LogP contribution in [0.15, 0.2) is 102 Å². The molecule has 2 amide bonds. The zero-order valence-corrected chi connectivity index (χ0v) is 26.5. The average Bonchev–Trinajstić information content (AvgIpc) is 3.00. The van der Waals surface area contributed by atoms with Crippen molar-refractivity contribution >= 4 is 50.7 Å². The van der Waals surface area contributed by atoms with E-state index in [1.54, 1.807) is 37.3 Å². The monoisotopic (exact) mass is 655 g/mol. The van der Waals surface area contributed by atoms with Crippen molar-refractivity contribution in [1.29, 1.82) is 0 Å². The van der Waals surface area contributed by atoms with Crippen LogP contribution in [0.2, 0.25) is 10.0 Å². The van der Waals surface area contributed by atoms with E-state index in [0.717, 1.165) is 27.6 Å². The third-order valence-corrected chi connectivity index (χ3v) is 9.49. The number of amides is 2. The zero-order valence-electron chi connectivity index (χ0n) is 24.2. The minimum absolute atomic E-state index is 0.0409. The molecule has 4 aromatic carbocycles. The summed E-state index contributed by atoms with van der Waals surface area (Å²) in [6, 6.07) is 24.1. The summed E-state index contributed by atoms with van der Waals surface area (Å²) in [6.07, 6.45) is 0.168. The van der Waals surface area contributed by atoms with Gasteiger partial charge in [-0.2, -0.15) is 0 Å². The second-order valence-corrected chi connectivity index (χ2v) is 12.8. The molecule has 0 saturated heterocycles. The molecule has 0 unspecified atom stereocenters. The summed E-state index contributed by atoms with van der Waals surface area (Å²) in [4.78, 5) is 29.2. The normalized spacial score (nSPS) is 11.9. The first kappa shape index (κ1) is 33.0. The molecule has 44 heavy (non-hydrogen) atoms. The molecule has 4 aromatic rings. The number of nitrogens with one attached hydrogen (secondary N) is 1. The zero-order chi connectivity index (χ0) is 31.9. The molecular formula is C33H32Cl2FN3O4S. The summed E-state index contributed by atoms with van der Waals surface area (Å²) in [5, 5.41) is 3.40. The summed E-state index contributed by atoms with van der Waals surface area (Å²) in [5.41, 5.74) is 2.34. The van der Waals surface area contributed by atoms with Gasteiger partial charge in [-0.25, -0.2) is 12.8 Å². The van der Waals surface area contributed by atoms with Crippen LogP contribution in [0.25, 0.3) is 0 Å². The summed E-state index contributed by atoms with van der Waals surface area (Å²) in [5.74, 6) is -1.61. The van der Waals surface area contributed by atoms with Gasteiger partial charge in [0.15, 0.2) is 0 Å². The lowest BCUT2D eigenvalue weighted by molar-refractivity contribution is -0.140. The number of anilines is 1. The number of carbonyl (C=O) groups excluding carboxylic acids is 2. The van der Waals surface area contributed by atoms with Crippen LogP contribution in [0.3, 0.4) is 0 Å². The van der Waals surface area contributed by atoms with Gasteiger partial charge < -0.3 is 10.2 Å². The molecular weight excluding hydrogens is 624 g/mol. The SMILES string of the molecule is CCNC(=O)[C@@H](Cc1ccccc1)N(Cc1ccc(Cl)c(Cl)c1)C(=O)CN(c1ccc(F)cc1)S(=O)(=O)c1ccc(C)cc1. The minimum atomic E-state index is -4.29. The number of hydrogen-bond acceptors (Lipinski definition) is 4. The number of aryl methyl sites for hydroxylation is 1. The lowest BCUT2D eigenvalue weighted by atomic mass is 10.0. The second kappa shape index (κ2) is 14.7.